The molecule has 29 heavy (non-hydrogen) atoms. The van der Waals surface area contributed by atoms with Gasteiger partial charge in [0.2, 0.25) is 0 Å². The predicted octanol–water partition coefficient (Wildman–Crippen LogP) is 1.17. The van der Waals surface area contributed by atoms with Gasteiger partial charge in [-0.3, -0.25) is 4.79 Å². The molecule has 1 aromatic heterocycles. The molecule has 0 fully saturated rings. The van der Waals surface area contributed by atoms with E-state index < -0.39 is 0 Å². The van der Waals surface area contributed by atoms with Gasteiger partial charge in [-0.05, 0) is 18.2 Å². The van der Waals surface area contributed by atoms with Crippen molar-refractivity contribution >= 4 is 10.9 Å². The van der Waals surface area contributed by atoms with Crippen LogP contribution in [0.25, 0.3) is 10.9 Å². The molecule has 154 valence electrons. The summed E-state index contributed by atoms with van der Waals surface area (Å²) < 4.78 is 21.5. The van der Waals surface area contributed by atoms with Gasteiger partial charge in [0.15, 0.2) is 28.8 Å². The summed E-state index contributed by atoms with van der Waals surface area (Å²) in [7, 11) is 8.35. The Bertz CT molecular complexity index is 1060. The quantitative estimate of drug-likeness (QED) is 0.590. The molecule has 1 atom stereocenters. The number of hydrogen-bond donors (Lipinski definition) is 2. The van der Waals surface area contributed by atoms with Gasteiger partial charge in [0.1, 0.15) is 13.1 Å². The van der Waals surface area contributed by atoms with Gasteiger partial charge in [-0.1, -0.05) is 6.07 Å². The first-order valence-corrected chi connectivity index (χ1v) is 9.16. The van der Waals surface area contributed by atoms with Crippen molar-refractivity contribution in [3.63, 3.8) is 0 Å². The fourth-order valence-corrected chi connectivity index (χ4v) is 3.36. The van der Waals surface area contributed by atoms with Crippen LogP contribution in [0.5, 0.6) is 23.0 Å². The molecular formula is C21H26N3O5+. The SMILES string of the molecule is COc1cc2nc(C[NH+](C)Cc3cccc(OC)c3OC)[nH]c(=O)c2cc1OC. The molecule has 0 saturated carbocycles. The molecule has 0 spiro atoms. The van der Waals surface area contributed by atoms with E-state index in [0.717, 1.165) is 10.5 Å². The number of nitrogens with zero attached hydrogens (tertiary/aromatic N) is 1. The van der Waals surface area contributed by atoms with Gasteiger partial charge in [-0.2, -0.15) is 0 Å². The lowest BCUT2D eigenvalue weighted by atomic mass is 10.1. The van der Waals surface area contributed by atoms with Gasteiger partial charge in [0.25, 0.3) is 5.56 Å². The number of rotatable bonds is 8. The van der Waals surface area contributed by atoms with Crippen molar-refractivity contribution in [3.8, 4) is 23.0 Å². The van der Waals surface area contributed by atoms with Gasteiger partial charge < -0.3 is 28.8 Å². The van der Waals surface area contributed by atoms with Crippen LogP contribution >= 0.6 is 0 Å². The van der Waals surface area contributed by atoms with Crippen molar-refractivity contribution in [2.24, 2.45) is 0 Å². The normalized spacial score (nSPS) is 11.9. The molecule has 1 unspecified atom stereocenters. The Balaban J connectivity index is 1.87. The zero-order valence-corrected chi connectivity index (χ0v) is 17.3. The lowest BCUT2D eigenvalue weighted by Crippen LogP contribution is -3.06. The van der Waals surface area contributed by atoms with Crippen LogP contribution in [-0.2, 0) is 13.1 Å². The number of fused-ring (bicyclic) bond motifs is 1. The molecule has 0 saturated heterocycles. The van der Waals surface area contributed by atoms with Crippen LogP contribution in [0.2, 0.25) is 0 Å². The number of nitrogens with one attached hydrogen (secondary N) is 2. The Kier molecular flexibility index (Phi) is 6.23. The van der Waals surface area contributed by atoms with E-state index in [2.05, 4.69) is 9.97 Å². The van der Waals surface area contributed by atoms with Crippen LogP contribution in [-0.4, -0.2) is 45.5 Å². The lowest BCUT2D eigenvalue weighted by Gasteiger charge is -2.17. The number of ether oxygens (including phenoxy) is 4. The smallest absolute Gasteiger partial charge is 0.259 e. The summed E-state index contributed by atoms with van der Waals surface area (Å²) in [5.74, 6) is 3.02. The van der Waals surface area contributed by atoms with Gasteiger partial charge >= 0.3 is 0 Å². The van der Waals surface area contributed by atoms with E-state index in [0.29, 0.717) is 52.8 Å². The second kappa shape index (κ2) is 8.83. The molecule has 2 N–H and O–H groups in total. The third-order valence-electron chi connectivity index (χ3n) is 4.71. The standard InChI is InChI=1S/C21H25N3O5/c1-24(11-13-7-6-8-16(26-2)20(13)29-5)12-19-22-15-10-18(28-4)17(27-3)9-14(15)21(25)23-19/h6-10H,11-12H2,1-5H3,(H,22,23,25)/p+1. The van der Waals surface area contributed by atoms with E-state index in [4.69, 9.17) is 18.9 Å². The Morgan fingerprint density at radius 1 is 0.931 bits per heavy atom. The highest BCUT2D eigenvalue weighted by Gasteiger charge is 2.16. The fourth-order valence-electron chi connectivity index (χ4n) is 3.36. The van der Waals surface area contributed by atoms with E-state index >= 15 is 0 Å². The van der Waals surface area contributed by atoms with Crippen molar-refractivity contribution in [1.82, 2.24) is 9.97 Å². The predicted molar refractivity (Wildman–Crippen MR) is 109 cm³/mol. The maximum absolute atomic E-state index is 12.6. The monoisotopic (exact) mass is 400 g/mol. The number of aromatic nitrogens is 2. The lowest BCUT2D eigenvalue weighted by molar-refractivity contribution is -0.908. The highest BCUT2D eigenvalue weighted by Crippen LogP contribution is 2.31. The topological polar surface area (TPSA) is 87.1 Å². The van der Waals surface area contributed by atoms with Crippen molar-refractivity contribution in [2.75, 3.05) is 35.5 Å². The van der Waals surface area contributed by atoms with E-state index in [1.54, 1.807) is 33.5 Å². The molecule has 1 heterocycles. The van der Waals surface area contributed by atoms with E-state index in [9.17, 15) is 4.79 Å². The third-order valence-corrected chi connectivity index (χ3v) is 4.71. The molecule has 8 heteroatoms. The maximum Gasteiger partial charge on any atom is 0.259 e. The number of aromatic amines is 1. The van der Waals surface area contributed by atoms with Crippen LogP contribution in [0, 0.1) is 0 Å². The molecule has 0 radical (unpaired) electrons. The zero-order chi connectivity index (χ0) is 21.0. The molecular weight excluding hydrogens is 374 g/mol. The number of para-hydroxylation sites is 1. The second-order valence-corrected chi connectivity index (χ2v) is 6.70. The number of H-pyrrole nitrogens is 1. The third kappa shape index (κ3) is 4.27. The Morgan fingerprint density at radius 3 is 2.28 bits per heavy atom. The van der Waals surface area contributed by atoms with Crippen LogP contribution in [0.3, 0.4) is 0 Å². The summed E-state index contributed by atoms with van der Waals surface area (Å²) in [5.41, 5.74) is 1.37. The molecule has 0 aliphatic rings. The van der Waals surface area contributed by atoms with Crippen molar-refractivity contribution in [2.45, 2.75) is 13.1 Å². The second-order valence-electron chi connectivity index (χ2n) is 6.70. The van der Waals surface area contributed by atoms with E-state index in [1.165, 1.54) is 7.11 Å². The first-order valence-electron chi connectivity index (χ1n) is 9.16. The molecule has 2 aromatic carbocycles. The van der Waals surface area contributed by atoms with Gasteiger partial charge in [0, 0.05) is 6.07 Å². The number of quaternary nitrogens is 1. The molecule has 3 aromatic rings. The van der Waals surface area contributed by atoms with E-state index in [-0.39, 0.29) is 5.56 Å². The first kappa shape index (κ1) is 20.5. The first-order chi connectivity index (χ1) is 14.0. The Hall–Kier alpha value is -3.26. The average molecular weight is 400 g/mol. The molecule has 0 bridgehead atoms. The fraction of sp³-hybridized carbons (Fsp3) is 0.333. The zero-order valence-electron chi connectivity index (χ0n) is 17.3. The number of benzene rings is 2. The summed E-state index contributed by atoms with van der Waals surface area (Å²) in [4.78, 5) is 21.2. The van der Waals surface area contributed by atoms with Crippen LogP contribution in [0.1, 0.15) is 11.4 Å². The highest BCUT2D eigenvalue weighted by atomic mass is 16.5. The highest BCUT2D eigenvalue weighted by molar-refractivity contribution is 5.81. The molecule has 0 aliphatic heterocycles. The molecule has 8 nitrogen and oxygen atoms in total. The van der Waals surface area contributed by atoms with E-state index in [1.807, 2.05) is 25.2 Å². The largest absolute Gasteiger partial charge is 0.493 e. The summed E-state index contributed by atoms with van der Waals surface area (Å²) in [6.07, 6.45) is 0. The van der Waals surface area contributed by atoms with Gasteiger partial charge in [-0.15, -0.1) is 0 Å². The Morgan fingerprint density at radius 2 is 1.62 bits per heavy atom. The molecule has 3 rings (SSSR count). The molecule has 0 aliphatic carbocycles. The minimum atomic E-state index is -0.210. The van der Waals surface area contributed by atoms with Crippen LogP contribution in [0.15, 0.2) is 35.1 Å². The summed E-state index contributed by atoms with van der Waals surface area (Å²) in [6, 6.07) is 9.15. The van der Waals surface area contributed by atoms with Crippen LogP contribution in [0.4, 0.5) is 0 Å². The average Bonchev–Trinajstić information content (AvgIpc) is 2.72. The number of hydrogen-bond acceptors (Lipinski definition) is 6. The van der Waals surface area contributed by atoms with Crippen LogP contribution < -0.4 is 29.4 Å². The summed E-state index contributed by atoms with van der Waals surface area (Å²) >= 11 is 0. The summed E-state index contributed by atoms with van der Waals surface area (Å²) in [5, 5.41) is 0.457. The van der Waals surface area contributed by atoms with Gasteiger partial charge in [0.05, 0.1) is 52.0 Å². The van der Waals surface area contributed by atoms with Gasteiger partial charge in [-0.25, -0.2) is 4.98 Å². The minimum absolute atomic E-state index is 0.210. The maximum atomic E-state index is 12.6. The minimum Gasteiger partial charge on any atom is -0.493 e. The van der Waals surface area contributed by atoms with Crippen molar-refractivity contribution < 1.29 is 23.8 Å². The number of methoxy groups -OCH3 is 4. The van der Waals surface area contributed by atoms with Crippen molar-refractivity contribution in [3.05, 3.63) is 52.1 Å². The van der Waals surface area contributed by atoms with Crippen molar-refractivity contribution in [1.29, 1.82) is 0 Å². The molecule has 0 amide bonds. The summed E-state index contributed by atoms with van der Waals surface area (Å²) in [6.45, 7) is 1.20. The Labute approximate surface area is 169 Å².